The highest BCUT2D eigenvalue weighted by molar-refractivity contribution is 5.86. The van der Waals surface area contributed by atoms with Gasteiger partial charge >= 0.3 is 5.97 Å². The van der Waals surface area contributed by atoms with Crippen LogP contribution < -0.4 is 5.32 Å². The lowest BCUT2D eigenvalue weighted by atomic mass is 9.68. The largest absolute Gasteiger partial charge is 0.478 e. The number of carbonyl (C=O) groups is 2. The van der Waals surface area contributed by atoms with Gasteiger partial charge in [-0.05, 0) is 50.7 Å². The molecule has 0 aliphatic heterocycles. The van der Waals surface area contributed by atoms with Crippen LogP contribution in [0.4, 0.5) is 0 Å². The molecule has 1 amide bonds. The molecule has 1 fully saturated rings. The van der Waals surface area contributed by atoms with E-state index in [9.17, 15) is 9.59 Å². The Balaban J connectivity index is 2.02. The smallest absolute Gasteiger partial charge is 0.350 e. The molecule has 136 valence electrons. The molecule has 6 nitrogen and oxygen atoms in total. The summed E-state index contributed by atoms with van der Waals surface area (Å²) >= 11 is 0. The number of nitrogens with zero attached hydrogens (tertiary/aromatic N) is 1. The molecule has 0 saturated heterocycles. The van der Waals surface area contributed by atoms with Crippen molar-refractivity contribution in [2.75, 3.05) is 7.05 Å². The molecular weight excluding hydrogens is 320 g/mol. The quantitative estimate of drug-likeness (QED) is 0.587. The number of rotatable bonds is 7. The van der Waals surface area contributed by atoms with Crippen molar-refractivity contribution in [1.29, 1.82) is 0 Å². The fraction of sp³-hybridized carbons (Fsp3) is 0.526. The average molecular weight is 346 g/mol. The summed E-state index contributed by atoms with van der Waals surface area (Å²) in [4.78, 5) is 27.7. The summed E-state index contributed by atoms with van der Waals surface area (Å²) in [6.45, 7) is 4.85. The van der Waals surface area contributed by atoms with E-state index in [0.717, 1.165) is 24.1 Å². The number of nitrogens with one attached hydrogen (secondary N) is 1. The lowest BCUT2D eigenvalue weighted by Gasteiger charge is -2.37. The van der Waals surface area contributed by atoms with Gasteiger partial charge in [0.05, 0.1) is 12.1 Å². The van der Waals surface area contributed by atoms with E-state index in [1.165, 1.54) is 19.4 Å². The van der Waals surface area contributed by atoms with E-state index in [2.05, 4.69) is 22.6 Å². The summed E-state index contributed by atoms with van der Waals surface area (Å²) in [5, 5.41) is 15.8. The van der Waals surface area contributed by atoms with Gasteiger partial charge in [0, 0.05) is 13.0 Å². The van der Waals surface area contributed by atoms with Gasteiger partial charge in [0.2, 0.25) is 11.5 Å². The number of oxime groups is 1. The van der Waals surface area contributed by atoms with Crippen molar-refractivity contribution in [2.24, 2.45) is 11.1 Å². The minimum atomic E-state index is -1.33. The number of aliphatic carboxylic acids is 1. The van der Waals surface area contributed by atoms with Gasteiger partial charge in [0.1, 0.15) is 0 Å². The minimum absolute atomic E-state index is 0.00422. The van der Waals surface area contributed by atoms with Crippen molar-refractivity contribution >= 4 is 17.6 Å². The van der Waals surface area contributed by atoms with Crippen LogP contribution in [0.5, 0.6) is 0 Å². The summed E-state index contributed by atoms with van der Waals surface area (Å²) in [5.41, 5.74) is 1.68. The molecule has 2 rings (SSSR count). The van der Waals surface area contributed by atoms with E-state index in [4.69, 9.17) is 9.94 Å². The van der Waals surface area contributed by atoms with Gasteiger partial charge in [-0.1, -0.05) is 29.4 Å². The number of carbonyl (C=O) groups excluding carboxylic acids is 1. The molecule has 6 heteroatoms. The topological polar surface area (TPSA) is 88.0 Å². The van der Waals surface area contributed by atoms with Crippen LogP contribution in [-0.2, 0) is 20.8 Å². The third-order valence-corrected chi connectivity index (χ3v) is 4.80. The third-order valence-electron chi connectivity index (χ3n) is 4.80. The zero-order chi connectivity index (χ0) is 18.6. The van der Waals surface area contributed by atoms with Crippen molar-refractivity contribution < 1.29 is 19.5 Å². The second-order valence-electron chi connectivity index (χ2n) is 7.02. The summed E-state index contributed by atoms with van der Waals surface area (Å²) in [6.07, 6.45) is 2.45. The first-order chi connectivity index (χ1) is 11.7. The molecule has 2 atom stereocenters. The molecule has 1 aromatic rings. The Bertz CT molecular complexity index is 665. The number of hydrogen-bond donors (Lipinski definition) is 2. The van der Waals surface area contributed by atoms with Crippen molar-refractivity contribution in [3.63, 3.8) is 0 Å². The number of hydrogen-bond acceptors (Lipinski definition) is 4. The van der Waals surface area contributed by atoms with Crippen LogP contribution in [0.3, 0.4) is 0 Å². The van der Waals surface area contributed by atoms with Crippen LogP contribution in [0, 0.1) is 5.92 Å². The third kappa shape index (κ3) is 4.59. The average Bonchev–Trinajstić information content (AvgIpc) is 2.53. The number of likely N-dealkylation sites (N-methyl/N-ethyl adjacent to an activating group) is 1. The van der Waals surface area contributed by atoms with E-state index < -0.39 is 11.6 Å². The molecule has 0 aromatic heterocycles. The summed E-state index contributed by atoms with van der Waals surface area (Å²) < 4.78 is 0. The van der Waals surface area contributed by atoms with E-state index in [1.54, 1.807) is 7.05 Å². The maximum atomic E-state index is 11.4. The van der Waals surface area contributed by atoms with Crippen LogP contribution in [0.1, 0.15) is 50.7 Å². The Labute approximate surface area is 148 Å². The van der Waals surface area contributed by atoms with Gasteiger partial charge < -0.3 is 15.3 Å². The predicted octanol–water partition coefficient (Wildman–Crippen LogP) is 2.72. The van der Waals surface area contributed by atoms with Gasteiger partial charge in [-0.15, -0.1) is 0 Å². The lowest BCUT2D eigenvalue weighted by Crippen LogP contribution is -2.35. The Morgan fingerprint density at radius 2 is 1.92 bits per heavy atom. The second-order valence-corrected chi connectivity index (χ2v) is 7.02. The van der Waals surface area contributed by atoms with Crippen LogP contribution in [0.15, 0.2) is 29.4 Å². The highest BCUT2D eigenvalue weighted by atomic mass is 16.7. The molecule has 0 heterocycles. The first kappa shape index (κ1) is 19.0. The molecule has 0 bridgehead atoms. The molecule has 25 heavy (non-hydrogen) atoms. The van der Waals surface area contributed by atoms with Gasteiger partial charge in [0.15, 0.2) is 0 Å². The first-order valence-corrected chi connectivity index (χ1v) is 8.50. The lowest BCUT2D eigenvalue weighted by molar-refractivity contribution is -0.161. The van der Waals surface area contributed by atoms with Gasteiger partial charge in [0.25, 0.3) is 0 Å². The van der Waals surface area contributed by atoms with Gasteiger partial charge in [-0.25, -0.2) is 4.79 Å². The standard InChI is InChI=1S/C19H26N2O4/c1-12(21-25-19(2,3)18(23)24)15-9-10-16(15)14-7-5-13(6-8-14)11-17(22)20-4/h5-8,15-16H,9-11H2,1-4H3,(H,20,22)(H,23,24)/b21-12+. The zero-order valence-corrected chi connectivity index (χ0v) is 15.2. The number of amides is 1. The fourth-order valence-electron chi connectivity index (χ4n) is 2.85. The molecular formula is C19H26N2O4. The molecule has 1 saturated carbocycles. The molecule has 1 aromatic carbocycles. The predicted molar refractivity (Wildman–Crippen MR) is 95.6 cm³/mol. The van der Waals surface area contributed by atoms with Crippen LogP contribution >= 0.6 is 0 Å². The normalized spacial score (nSPS) is 20.6. The molecule has 0 radical (unpaired) electrons. The molecule has 1 aliphatic carbocycles. The highest BCUT2D eigenvalue weighted by Crippen LogP contribution is 2.43. The van der Waals surface area contributed by atoms with Crippen molar-refractivity contribution in [3.05, 3.63) is 35.4 Å². The van der Waals surface area contributed by atoms with Gasteiger partial charge in [-0.2, -0.15) is 0 Å². The highest BCUT2D eigenvalue weighted by Gasteiger charge is 2.35. The van der Waals surface area contributed by atoms with Crippen molar-refractivity contribution in [3.8, 4) is 0 Å². The maximum absolute atomic E-state index is 11.4. The summed E-state index contributed by atoms with van der Waals surface area (Å²) in [7, 11) is 1.63. The Morgan fingerprint density at radius 1 is 1.28 bits per heavy atom. The van der Waals surface area contributed by atoms with Gasteiger partial charge in [-0.3, -0.25) is 4.79 Å². The number of benzene rings is 1. The van der Waals surface area contributed by atoms with Crippen LogP contribution in [0.2, 0.25) is 0 Å². The Morgan fingerprint density at radius 3 is 2.40 bits per heavy atom. The second kappa shape index (κ2) is 7.68. The van der Waals surface area contributed by atoms with Crippen molar-refractivity contribution in [1.82, 2.24) is 5.32 Å². The molecule has 2 N–H and O–H groups in total. The first-order valence-electron chi connectivity index (χ1n) is 8.50. The monoisotopic (exact) mass is 346 g/mol. The SMILES string of the molecule is CNC(=O)Cc1ccc(C2CCC2/C(C)=N/OC(C)(C)C(=O)O)cc1. The number of carboxylic acids is 1. The van der Waals surface area contributed by atoms with Crippen LogP contribution in [0.25, 0.3) is 0 Å². The Kier molecular flexibility index (Phi) is 5.82. The number of carboxylic acid groups (broad SMARTS) is 1. The zero-order valence-electron chi connectivity index (χ0n) is 15.2. The maximum Gasteiger partial charge on any atom is 0.350 e. The van der Waals surface area contributed by atoms with E-state index in [1.807, 2.05) is 19.1 Å². The summed E-state index contributed by atoms with van der Waals surface area (Å²) in [5.74, 6) is -0.430. The summed E-state index contributed by atoms with van der Waals surface area (Å²) in [6, 6.07) is 8.09. The Hall–Kier alpha value is -2.37. The molecule has 2 unspecified atom stereocenters. The molecule has 1 aliphatic rings. The molecule has 0 spiro atoms. The van der Waals surface area contributed by atoms with Crippen LogP contribution in [-0.4, -0.2) is 35.3 Å². The van der Waals surface area contributed by atoms with E-state index >= 15 is 0 Å². The van der Waals surface area contributed by atoms with E-state index in [0.29, 0.717) is 12.3 Å². The van der Waals surface area contributed by atoms with Crippen molar-refractivity contribution in [2.45, 2.75) is 51.6 Å². The van der Waals surface area contributed by atoms with E-state index in [-0.39, 0.29) is 11.8 Å². The minimum Gasteiger partial charge on any atom is -0.478 e. The fourth-order valence-corrected chi connectivity index (χ4v) is 2.85.